The minimum atomic E-state index is -1.33. The first kappa shape index (κ1) is 15.9. The van der Waals surface area contributed by atoms with Crippen LogP contribution in [-0.4, -0.2) is 34.1 Å². The van der Waals surface area contributed by atoms with Crippen molar-refractivity contribution in [1.29, 1.82) is 0 Å². The number of carbonyl (C=O) groups is 2. The number of benzene rings is 1. The summed E-state index contributed by atoms with van der Waals surface area (Å²) in [5.74, 6) is -1.45. The van der Waals surface area contributed by atoms with Crippen LogP contribution in [0.2, 0.25) is 0 Å². The quantitative estimate of drug-likeness (QED) is 0.892. The average molecular weight is 282 g/mol. The van der Waals surface area contributed by atoms with Gasteiger partial charge >= 0.3 is 12.0 Å². The molecule has 1 rings (SSSR count). The van der Waals surface area contributed by atoms with Crippen LogP contribution in [0.15, 0.2) is 18.2 Å². The Balaban J connectivity index is 2.93. The molecule has 0 bridgehead atoms. The minimum absolute atomic E-state index is 0.241. The van der Waals surface area contributed by atoms with Crippen LogP contribution in [0.4, 0.5) is 14.9 Å². The lowest BCUT2D eigenvalue weighted by atomic mass is 10.0. The topological polar surface area (TPSA) is 69.6 Å². The number of halogens is 1. The highest BCUT2D eigenvalue weighted by molar-refractivity contribution is 5.93. The second-order valence-electron chi connectivity index (χ2n) is 5.00. The smallest absolute Gasteiger partial charge is 0.329 e. The van der Waals surface area contributed by atoms with Gasteiger partial charge in [0.2, 0.25) is 0 Å². The van der Waals surface area contributed by atoms with Gasteiger partial charge in [-0.2, -0.15) is 0 Å². The molecule has 0 aliphatic heterocycles. The Bertz CT molecular complexity index is 529. The monoisotopic (exact) mass is 282 g/mol. The van der Waals surface area contributed by atoms with Crippen molar-refractivity contribution in [3.63, 3.8) is 0 Å². The SMILES string of the molecule is CCN(C(=O)Nc1ccc(F)c(C)c1)C(C)(C)C(=O)O. The van der Waals surface area contributed by atoms with Gasteiger partial charge in [0.1, 0.15) is 11.4 Å². The molecule has 0 aliphatic carbocycles. The first-order valence-corrected chi connectivity index (χ1v) is 6.28. The van der Waals surface area contributed by atoms with Crippen LogP contribution in [0.5, 0.6) is 0 Å². The molecule has 20 heavy (non-hydrogen) atoms. The number of nitrogens with one attached hydrogen (secondary N) is 1. The Morgan fingerprint density at radius 2 is 2.00 bits per heavy atom. The van der Waals surface area contributed by atoms with Crippen molar-refractivity contribution in [3.8, 4) is 0 Å². The van der Waals surface area contributed by atoms with Crippen LogP contribution in [0, 0.1) is 12.7 Å². The predicted octanol–water partition coefficient (Wildman–Crippen LogP) is 2.85. The number of amides is 2. The Hall–Kier alpha value is -2.11. The number of hydrogen-bond acceptors (Lipinski definition) is 2. The van der Waals surface area contributed by atoms with Crippen molar-refractivity contribution >= 4 is 17.7 Å². The molecule has 1 aromatic rings. The molecule has 0 radical (unpaired) electrons. The summed E-state index contributed by atoms with van der Waals surface area (Å²) < 4.78 is 13.2. The fourth-order valence-corrected chi connectivity index (χ4v) is 1.82. The van der Waals surface area contributed by atoms with Crippen molar-refractivity contribution in [2.75, 3.05) is 11.9 Å². The van der Waals surface area contributed by atoms with Crippen LogP contribution in [0.3, 0.4) is 0 Å². The second kappa shape index (κ2) is 5.90. The number of aryl methyl sites for hydroxylation is 1. The van der Waals surface area contributed by atoms with Gasteiger partial charge in [0.05, 0.1) is 0 Å². The van der Waals surface area contributed by atoms with Gasteiger partial charge in [-0.05, 0) is 51.5 Å². The van der Waals surface area contributed by atoms with Gasteiger partial charge in [-0.25, -0.2) is 14.0 Å². The number of carboxylic acid groups (broad SMARTS) is 1. The summed E-state index contributed by atoms with van der Waals surface area (Å²) in [5, 5.41) is 11.7. The first-order chi connectivity index (χ1) is 9.20. The zero-order valence-electron chi connectivity index (χ0n) is 12.0. The van der Waals surface area contributed by atoms with Crippen LogP contribution in [0.25, 0.3) is 0 Å². The summed E-state index contributed by atoms with van der Waals surface area (Å²) in [6, 6.07) is 3.64. The largest absolute Gasteiger partial charge is 0.480 e. The first-order valence-electron chi connectivity index (χ1n) is 6.28. The van der Waals surface area contributed by atoms with E-state index in [0.29, 0.717) is 11.3 Å². The van der Waals surface area contributed by atoms with E-state index in [-0.39, 0.29) is 12.4 Å². The zero-order valence-corrected chi connectivity index (χ0v) is 12.0. The molecule has 0 aliphatic rings. The summed E-state index contributed by atoms with van der Waals surface area (Å²) >= 11 is 0. The van der Waals surface area contributed by atoms with E-state index in [1.54, 1.807) is 13.8 Å². The van der Waals surface area contributed by atoms with E-state index in [0.717, 1.165) is 0 Å². The van der Waals surface area contributed by atoms with Crippen LogP contribution >= 0.6 is 0 Å². The minimum Gasteiger partial charge on any atom is -0.480 e. The van der Waals surface area contributed by atoms with Gasteiger partial charge in [-0.3, -0.25) is 0 Å². The molecule has 6 heteroatoms. The molecule has 0 heterocycles. The van der Waals surface area contributed by atoms with Crippen molar-refractivity contribution in [2.24, 2.45) is 0 Å². The fourth-order valence-electron chi connectivity index (χ4n) is 1.82. The van der Waals surface area contributed by atoms with E-state index < -0.39 is 17.5 Å². The zero-order chi connectivity index (χ0) is 15.5. The highest BCUT2D eigenvalue weighted by Crippen LogP contribution is 2.18. The lowest BCUT2D eigenvalue weighted by molar-refractivity contribution is -0.147. The fraction of sp³-hybridized carbons (Fsp3) is 0.429. The van der Waals surface area contributed by atoms with Crippen LogP contribution < -0.4 is 5.32 Å². The van der Waals surface area contributed by atoms with E-state index in [9.17, 15) is 14.0 Å². The molecule has 110 valence electrons. The van der Waals surface area contributed by atoms with Crippen molar-refractivity contribution < 1.29 is 19.1 Å². The number of rotatable bonds is 4. The molecule has 2 N–H and O–H groups in total. The van der Waals surface area contributed by atoms with E-state index in [1.807, 2.05) is 0 Å². The third-order valence-electron chi connectivity index (χ3n) is 3.17. The van der Waals surface area contributed by atoms with E-state index in [4.69, 9.17) is 5.11 Å². The molecular weight excluding hydrogens is 263 g/mol. The number of carboxylic acids is 1. The highest BCUT2D eigenvalue weighted by atomic mass is 19.1. The molecule has 0 unspecified atom stereocenters. The van der Waals surface area contributed by atoms with Gasteiger partial charge in [0, 0.05) is 12.2 Å². The van der Waals surface area contributed by atoms with Crippen LogP contribution in [0.1, 0.15) is 26.3 Å². The molecule has 0 aromatic heterocycles. The van der Waals surface area contributed by atoms with Gasteiger partial charge in [-0.15, -0.1) is 0 Å². The lowest BCUT2D eigenvalue weighted by Crippen LogP contribution is -2.54. The predicted molar refractivity (Wildman–Crippen MR) is 74.3 cm³/mol. The number of anilines is 1. The maximum atomic E-state index is 13.2. The molecule has 5 nitrogen and oxygen atoms in total. The number of urea groups is 1. The average Bonchev–Trinajstić information content (AvgIpc) is 2.34. The maximum Gasteiger partial charge on any atom is 0.329 e. The lowest BCUT2D eigenvalue weighted by Gasteiger charge is -2.34. The normalized spacial score (nSPS) is 11.1. The number of hydrogen-bond donors (Lipinski definition) is 2. The Morgan fingerprint density at radius 3 is 2.45 bits per heavy atom. The Kier molecular flexibility index (Phi) is 4.70. The third kappa shape index (κ3) is 3.26. The standard InChI is InChI=1S/C14H19FN2O3/c1-5-17(14(3,4)12(18)19)13(20)16-10-6-7-11(15)9(2)8-10/h6-8H,5H2,1-4H3,(H,16,20)(H,18,19). The highest BCUT2D eigenvalue weighted by Gasteiger charge is 2.36. The molecule has 2 amide bonds. The van der Waals surface area contributed by atoms with Gasteiger partial charge in [0.15, 0.2) is 0 Å². The summed E-state index contributed by atoms with van der Waals surface area (Å²) in [7, 11) is 0. The van der Waals surface area contributed by atoms with Gasteiger partial charge in [0.25, 0.3) is 0 Å². The third-order valence-corrected chi connectivity index (χ3v) is 3.17. The summed E-state index contributed by atoms with van der Waals surface area (Å²) in [4.78, 5) is 24.6. The molecule has 0 fully saturated rings. The van der Waals surface area contributed by atoms with E-state index in [1.165, 1.54) is 36.9 Å². The summed E-state index contributed by atoms with van der Waals surface area (Å²) in [6.07, 6.45) is 0. The van der Waals surface area contributed by atoms with E-state index >= 15 is 0 Å². The number of carbonyl (C=O) groups excluding carboxylic acids is 1. The second-order valence-corrected chi connectivity index (χ2v) is 5.00. The molecule has 0 saturated heterocycles. The Labute approximate surface area is 117 Å². The number of nitrogens with zero attached hydrogens (tertiary/aromatic N) is 1. The summed E-state index contributed by atoms with van der Waals surface area (Å²) in [6.45, 7) is 6.43. The molecule has 0 spiro atoms. The van der Waals surface area contributed by atoms with Gasteiger partial charge < -0.3 is 15.3 Å². The summed E-state index contributed by atoms with van der Waals surface area (Å²) in [5.41, 5.74) is -0.495. The van der Waals surface area contributed by atoms with Crippen molar-refractivity contribution in [2.45, 2.75) is 33.2 Å². The number of likely N-dealkylation sites (N-methyl/N-ethyl adjacent to an activating group) is 1. The molecule has 0 saturated carbocycles. The molecule has 0 atom stereocenters. The van der Waals surface area contributed by atoms with E-state index in [2.05, 4.69) is 5.32 Å². The van der Waals surface area contributed by atoms with Crippen molar-refractivity contribution in [3.05, 3.63) is 29.6 Å². The molecular formula is C14H19FN2O3. The van der Waals surface area contributed by atoms with Crippen LogP contribution in [-0.2, 0) is 4.79 Å². The molecule has 1 aromatic carbocycles. The number of aliphatic carboxylic acids is 1. The van der Waals surface area contributed by atoms with Gasteiger partial charge in [-0.1, -0.05) is 0 Å². The Morgan fingerprint density at radius 1 is 1.40 bits per heavy atom. The van der Waals surface area contributed by atoms with Crippen molar-refractivity contribution in [1.82, 2.24) is 4.90 Å². The maximum absolute atomic E-state index is 13.2.